The lowest BCUT2D eigenvalue weighted by atomic mass is 10.0. The minimum Gasteiger partial charge on any atom is -0.0812 e. The van der Waals surface area contributed by atoms with E-state index in [-0.39, 0.29) is 0 Å². The Kier molecular flexibility index (Phi) is 4.06. The Balaban J connectivity index is 2.72. The van der Waals surface area contributed by atoms with Crippen molar-refractivity contribution in [2.45, 2.75) is 24.7 Å². The van der Waals surface area contributed by atoms with Crippen LogP contribution in [0.2, 0.25) is 0 Å². The summed E-state index contributed by atoms with van der Waals surface area (Å²) < 4.78 is 1.11. The summed E-state index contributed by atoms with van der Waals surface area (Å²) in [7, 11) is 0. The molecule has 0 amide bonds. The molecule has 0 aliphatic rings. The third-order valence-electron chi connectivity index (χ3n) is 1.79. The van der Waals surface area contributed by atoms with Gasteiger partial charge in [0, 0.05) is 4.43 Å². The summed E-state index contributed by atoms with van der Waals surface area (Å²) in [6.45, 7) is 4.52. The molecule has 0 bridgehead atoms. The molecule has 1 aromatic rings. The second kappa shape index (κ2) is 4.85. The van der Waals surface area contributed by atoms with Gasteiger partial charge in [-0.1, -0.05) is 60.7 Å². The minimum absolute atomic E-state index is 0.759. The predicted molar refractivity (Wildman–Crippen MR) is 62.7 cm³/mol. The molecule has 1 aromatic carbocycles. The quantitative estimate of drug-likeness (QED) is 0.580. The minimum atomic E-state index is 0.759. The second-order valence-corrected chi connectivity index (χ2v) is 4.31. The summed E-state index contributed by atoms with van der Waals surface area (Å²) in [4.78, 5) is 0. The highest BCUT2D eigenvalue weighted by Gasteiger charge is 1.97. The highest BCUT2D eigenvalue weighted by Crippen LogP contribution is 2.12. The molecule has 0 atom stereocenters. The van der Waals surface area contributed by atoms with Crippen LogP contribution in [-0.2, 0) is 10.8 Å². The molecule has 0 fully saturated rings. The average Bonchev–Trinajstić information content (AvgIpc) is 2.03. The van der Waals surface area contributed by atoms with Gasteiger partial charge in [0.05, 0.1) is 0 Å². The van der Waals surface area contributed by atoms with E-state index in [4.69, 9.17) is 0 Å². The van der Waals surface area contributed by atoms with E-state index < -0.39 is 0 Å². The number of halogens is 1. The van der Waals surface area contributed by atoms with Crippen LogP contribution in [0.5, 0.6) is 0 Å². The van der Waals surface area contributed by atoms with E-state index in [9.17, 15) is 0 Å². The van der Waals surface area contributed by atoms with Crippen LogP contribution in [0.4, 0.5) is 0 Å². The summed E-state index contributed by atoms with van der Waals surface area (Å²) in [6, 6.07) is 8.88. The van der Waals surface area contributed by atoms with E-state index in [1.54, 1.807) is 0 Å². The monoisotopic (exact) mass is 274 g/mol. The molecule has 0 heterocycles. The fourth-order valence-electron chi connectivity index (χ4n) is 1.31. The molecule has 0 saturated heterocycles. The first-order chi connectivity index (χ1) is 5.72. The summed E-state index contributed by atoms with van der Waals surface area (Å²) in [6.07, 6.45) is 1.20. The van der Waals surface area contributed by atoms with Gasteiger partial charge in [-0.3, -0.25) is 0 Å². The van der Waals surface area contributed by atoms with Crippen molar-refractivity contribution in [3.8, 4) is 0 Å². The number of rotatable bonds is 3. The van der Waals surface area contributed by atoms with Gasteiger partial charge in [-0.25, -0.2) is 0 Å². The Bertz CT molecular complexity index is 241. The molecule has 12 heavy (non-hydrogen) atoms. The lowest BCUT2D eigenvalue weighted by Gasteiger charge is -2.05. The first-order valence-corrected chi connectivity index (χ1v) is 5.88. The van der Waals surface area contributed by atoms with Gasteiger partial charge in [0.1, 0.15) is 0 Å². The van der Waals surface area contributed by atoms with Gasteiger partial charge in [-0.15, -0.1) is 0 Å². The lowest BCUT2D eigenvalue weighted by molar-refractivity contribution is 0.647. The van der Waals surface area contributed by atoms with E-state index in [1.807, 2.05) is 0 Å². The summed E-state index contributed by atoms with van der Waals surface area (Å²) >= 11 is 2.40. The number of hydrogen-bond donors (Lipinski definition) is 0. The Morgan fingerprint density at radius 1 is 1.25 bits per heavy atom. The largest absolute Gasteiger partial charge is 0.0812 e. The molecule has 0 radical (unpaired) electrons. The third-order valence-corrected chi connectivity index (χ3v) is 2.67. The Labute approximate surface area is 88.5 Å². The zero-order valence-corrected chi connectivity index (χ0v) is 9.84. The molecular weight excluding hydrogens is 259 g/mol. The first-order valence-electron chi connectivity index (χ1n) is 4.36. The smallest absolute Gasteiger partial charge is 0.0247 e. The number of benzene rings is 1. The molecule has 0 aliphatic carbocycles. The van der Waals surface area contributed by atoms with Gasteiger partial charge in [0.25, 0.3) is 0 Å². The molecule has 0 aromatic heterocycles. The van der Waals surface area contributed by atoms with E-state index >= 15 is 0 Å². The van der Waals surface area contributed by atoms with Gasteiger partial charge >= 0.3 is 0 Å². The van der Waals surface area contributed by atoms with Crippen LogP contribution >= 0.6 is 22.6 Å². The molecule has 1 heteroatoms. The van der Waals surface area contributed by atoms with Crippen molar-refractivity contribution in [2.75, 3.05) is 0 Å². The van der Waals surface area contributed by atoms with Crippen LogP contribution in [0, 0.1) is 5.92 Å². The Morgan fingerprint density at radius 3 is 2.50 bits per heavy atom. The summed E-state index contributed by atoms with van der Waals surface area (Å²) in [5.74, 6) is 0.759. The van der Waals surface area contributed by atoms with Crippen molar-refractivity contribution in [1.29, 1.82) is 0 Å². The summed E-state index contributed by atoms with van der Waals surface area (Å²) in [5.41, 5.74) is 2.91. The van der Waals surface area contributed by atoms with Gasteiger partial charge in [0.15, 0.2) is 0 Å². The predicted octanol–water partition coefficient (Wildman–Crippen LogP) is 3.82. The highest BCUT2D eigenvalue weighted by atomic mass is 127. The van der Waals surface area contributed by atoms with Crippen molar-refractivity contribution < 1.29 is 0 Å². The van der Waals surface area contributed by atoms with Gasteiger partial charge in [0.2, 0.25) is 0 Å². The zero-order valence-electron chi connectivity index (χ0n) is 7.68. The van der Waals surface area contributed by atoms with Crippen LogP contribution in [0.25, 0.3) is 0 Å². The Hall–Kier alpha value is -0.0500. The van der Waals surface area contributed by atoms with E-state index in [1.165, 1.54) is 17.5 Å². The van der Waals surface area contributed by atoms with Crippen LogP contribution in [-0.4, -0.2) is 0 Å². The fourth-order valence-corrected chi connectivity index (χ4v) is 1.79. The van der Waals surface area contributed by atoms with Gasteiger partial charge in [-0.05, 0) is 23.5 Å². The third kappa shape index (κ3) is 3.13. The first kappa shape index (κ1) is 10.0. The van der Waals surface area contributed by atoms with E-state index in [0.717, 1.165) is 10.3 Å². The van der Waals surface area contributed by atoms with Crippen molar-refractivity contribution in [3.05, 3.63) is 35.4 Å². The van der Waals surface area contributed by atoms with Crippen molar-refractivity contribution in [1.82, 2.24) is 0 Å². The molecule has 0 saturated carbocycles. The molecule has 0 aliphatic heterocycles. The number of alkyl halides is 1. The molecular formula is C11H15I. The van der Waals surface area contributed by atoms with E-state index in [2.05, 4.69) is 60.7 Å². The molecule has 0 N–H and O–H groups in total. The fraction of sp³-hybridized carbons (Fsp3) is 0.455. The summed E-state index contributed by atoms with van der Waals surface area (Å²) in [5, 5.41) is 0. The average molecular weight is 274 g/mol. The molecule has 0 unspecified atom stereocenters. The maximum absolute atomic E-state index is 2.40. The SMILES string of the molecule is CC(C)Cc1cccc(CI)c1. The van der Waals surface area contributed by atoms with Gasteiger partial charge < -0.3 is 0 Å². The topological polar surface area (TPSA) is 0 Å². The normalized spacial score (nSPS) is 10.7. The van der Waals surface area contributed by atoms with Crippen molar-refractivity contribution >= 4 is 22.6 Å². The van der Waals surface area contributed by atoms with E-state index in [0.29, 0.717) is 0 Å². The van der Waals surface area contributed by atoms with Crippen LogP contribution in [0.3, 0.4) is 0 Å². The molecule has 0 nitrogen and oxygen atoms in total. The number of hydrogen-bond acceptors (Lipinski definition) is 0. The Morgan fingerprint density at radius 2 is 1.92 bits per heavy atom. The van der Waals surface area contributed by atoms with Gasteiger partial charge in [-0.2, -0.15) is 0 Å². The standard InChI is InChI=1S/C11H15I/c1-9(2)6-10-4-3-5-11(7-10)8-12/h3-5,7,9H,6,8H2,1-2H3. The van der Waals surface area contributed by atoms with Crippen molar-refractivity contribution in [2.24, 2.45) is 5.92 Å². The second-order valence-electron chi connectivity index (χ2n) is 3.55. The van der Waals surface area contributed by atoms with Crippen molar-refractivity contribution in [3.63, 3.8) is 0 Å². The maximum atomic E-state index is 2.40. The van der Waals surface area contributed by atoms with Crippen LogP contribution < -0.4 is 0 Å². The highest BCUT2D eigenvalue weighted by molar-refractivity contribution is 14.1. The molecule has 0 spiro atoms. The maximum Gasteiger partial charge on any atom is 0.0247 e. The molecule has 1 rings (SSSR count). The lowest BCUT2D eigenvalue weighted by Crippen LogP contribution is -1.94. The van der Waals surface area contributed by atoms with Crippen LogP contribution in [0.1, 0.15) is 25.0 Å². The molecule has 66 valence electrons. The zero-order chi connectivity index (χ0) is 8.97. The van der Waals surface area contributed by atoms with Crippen LogP contribution in [0.15, 0.2) is 24.3 Å².